The number of aromatic nitrogens is 1. The number of pyridine rings is 1. The highest BCUT2D eigenvalue weighted by Gasteiger charge is 2.25. The molecule has 1 N–H and O–H groups in total. The number of hydrogen-bond acceptors (Lipinski definition) is 3. The van der Waals surface area contributed by atoms with Crippen LogP contribution < -0.4 is 4.72 Å². The number of nitrogens with one attached hydrogen (secondary N) is 1. The van der Waals surface area contributed by atoms with Gasteiger partial charge < -0.3 is 0 Å². The number of alkyl halides is 1. The van der Waals surface area contributed by atoms with E-state index in [0.29, 0.717) is 16.8 Å². The zero-order valence-corrected chi connectivity index (χ0v) is 12.7. The SMILES string of the molecule is CC(C)(CCCl)NS(=O)(=O)c1cncc(Br)c1. The Labute approximate surface area is 115 Å². The van der Waals surface area contributed by atoms with Crippen molar-refractivity contribution in [2.75, 3.05) is 5.88 Å². The molecule has 1 heterocycles. The van der Waals surface area contributed by atoms with Gasteiger partial charge in [0.2, 0.25) is 10.0 Å². The van der Waals surface area contributed by atoms with Crippen molar-refractivity contribution in [2.45, 2.75) is 30.7 Å². The van der Waals surface area contributed by atoms with Crippen LogP contribution in [0.1, 0.15) is 20.3 Å². The second-order valence-electron chi connectivity index (χ2n) is 4.27. The molecular weight excluding hydrogens is 328 g/mol. The van der Waals surface area contributed by atoms with Crippen molar-refractivity contribution in [3.8, 4) is 0 Å². The number of hydrogen-bond donors (Lipinski definition) is 1. The average molecular weight is 342 g/mol. The van der Waals surface area contributed by atoms with E-state index in [-0.39, 0.29) is 4.90 Å². The number of halogens is 2. The standard InChI is InChI=1S/C10H14BrClN2O2S/c1-10(2,3-4-12)14-17(15,16)9-5-8(11)6-13-7-9/h5-7,14H,3-4H2,1-2H3. The minimum Gasteiger partial charge on any atom is -0.262 e. The monoisotopic (exact) mass is 340 g/mol. The van der Waals surface area contributed by atoms with E-state index in [4.69, 9.17) is 11.6 Å². The van der Waals surface area contributed by atoms with Crippen molar-refractivity contribution in [3.05, 3.63) is 22.9 Å². The lowest BCUT2D eigenvalue weighted by molar-refractivity contribution is 0.441. The maximum atomic E-state index is 12.1. The highest BCUT2D eigenvalue weighted by Crippen LogP contribution is 2.18. The summed E-state index contributed by atoms with van der Waals surface area (Å²) >= 11 is 8.82. The van der Waals surface area contributed by atoms with Crippen LogP contribution in [0.15, 0.2) is 27.8 Å². The molecule has 7 heteroatoms. The van der Waals surface area contributed by atoms with Crippen molar-refractivity contribution in [1.82, 2.24) is 9.71 Å². The van der Waals surface area contributed by atoms with Gasteiger partial charge >= 0.3 is 0 Å². The van der Waals surface area contributed by atoms with Crippen LogP contribution in [0, 0.1) is 0 Å². The van der Waals surface area contributed by atoms with Crippen molar-refractivity contribution >= 4 is 37.6 Å². The summed E-state index contributed by atoms with van der Waals surface area (Å²) in [6.07, 6.45) is 3.39. The first-order valence-corrected chi connectivity index (χ1v) is 7.78. The van der Waals surface area contributed by atoms with Crippen molar-refractivity contribution < 1.29 is 8.42 Å². The lowest BCUT2D eigenvalue weighted by Gasteiger charge is -2.24. The molecule has 1 aromatic heterocycles. The summed E-state index contributed by atoms with van der Waals surface area (Å²) in [4.78, 5) is 3.97. The summed E-state index contributed by atoms with van der Waals surface area (Å²) in [7, 11) is -3.56. The predicted octanol–water partition coefficient (Wildman–Crippen LogP) is 2.53. The molecule has 0 amide bonds. The fourth-order valence-electron chi connectivity index (χ4n) is 1.25. The fraction of sp³-hybridized carbons (Fsp3) is 0.500. The molecule has 0 radical (unpaired) electrons. The maximum Gasteiger partial charge on any atom is 0.242 e. The van der Waals surface area contributed by atoms with Gasteiger partial charge in [0.15, 0.2) is 0 Å². The minimum atomic E-state index is -3.56. The van der Waals surface area contributed by atoms with Crippen LogP contribution in [-0.2, 0) is 10.0 Å². The number of rotatable bonds is 5. The second kappa shape index (κ2) is 5.65. The van der Waals surface area contributed by atoms with E-state index in [1.54, 1.807) is 13.8 Å². The molecule has 0 fully saturated rings. The Morgan fingerprint density at radius 1 is 1.47 bits per heavy atom. The van der Waals surface area contributed by atoms with Crippen LogP contribution >= 0.6 is 27.5 Å². The van der Waals surface area contributed by atoms with E-state index in [1.165, 1.54) is 18.5 Å². The van der Waals surface area contributed by atoms with Gasteiger partial charge in [-0.05, 0) is 42.3 Å². The molecular formula is C10H14BrClN2O2S. The van der Waals surface area contributed by atoms with Gasteiger partial charge in [0.1, 0.15) is 4.90 Å². The molecule has 0 aliphatic carbocycles. The molecule has 0 unspecified atom stereocenters. The Morgan fingerprint density at radius 3 is 2.65 bits per heavy atom. The summed E-state index contributed by atoms with van der Waals surface area (Å²) in [5, 5.41) is 0. The van der Waals surface area contributed by atoms with Crippen LogP contribution in [0.25, 0.3) is 0 Å². The molecule has 4 nitrogen and oxygen atoms in total. The number of nitrogens with zero attached hydrogens (tertiary/aromatic N) is 1. The normalized spacial score (nSPS) is 12.7. The van der Waals surface area contributed by atoms with E-state index in [0.717, 1.165) is 0 Å². The van der Waals surface area contributed by atoms with Gasteiger partial charge in [-0.25, -0.2) is 13.1 Å². The lowest BCUT2D eigenvalue weighted by Crippen LogP contribution is -2.43. The Kier molecular flexibility index (Phi) is 4.95. The van der Waals surface area contributed by atoms with Crippen molar-refractivity contribution in [1.29, 1.82) is 0 Å². The summed E-state index contributed by atoms with van der Waals surface area (Å²) in [5.74, 6) is 0.395. The minimum absolute atomic E-state index is 0.134. The maximum absolute atomic E-state index is 12.1. The Balaban J connectivity index is 2.97. The van der Waals surface area contributed by atoms with Gasteiger partial charge in [-0.2, -0.15) is 0 Å². The van der Waals surface area contributed by atoms with E-state index < -0.39 is 15.6 Å². The van der Waals surface area contributed by atoms with Crippen LogP contribution in [0.3, 0.4) is 0 Å². The third kappa shape index (κ3) is 4.54. The van der Waals surface area contributed by atoms with Gasteiger partial charge in [0, 0.05) is 28.3 Å². The van der Waals surface area contributed by atoms with Crippen LogP contribution in [0.4, 0.5) is 0 Å². The Bertz CT molecular complexity index is 491. The zero-order valence-electron chi connectivity index (χ0n) is 9.57. The molecule has 0 aromatic carbocycles. The van der Waals surface area contributed by atoms with E-state index in [2.05, 4.69) is 25.6 Å². The Morgan fingerprint density at radius 2 is 2.12 bits per heavy atom. The molecule has 0 saturated heterocycles. The summed E-state index contributed by atoms with van der Waals surface area (Å²) in [5.41, 5.74) is -0.580. The Hall–Kier alpha value is -0.170. The lowest BCUT2D eigenvalue weighted by atomic mass is 10.0. The molecule has 0 aliphatic rings. The summed E-state index contributed by atoms with van der Waals surface area (Å²) in [6.45, 7) is 3.58. The highest BCUT2D eigenvalue weighted by atomic mass is 79.9. The van der Waals surface area contributed by atoms with Gasteiger partial charge in [-0.3, -0.25) is 4.98 Å². The average Bonchev–Trinajstić information content (AvgIpc) is 2.15. The fourth-order valence-corrected chi connectivity index (χ4v) is 3.67. The first-order valence-electron chi connectivity index (χ1n) is 4.97. The van der Waals surface area contributed by atoms with Gasteiger partial charge in [-0.15, -0.1) is 11.6 Å². The quantitative estimate of drug-likeness (QED) is 0.837. The van der Waals surface area contributed by atoms with Crippen LogP contribution in [-0.4, -0.2) is 24.8 Å². The predicted molar refractivity (Wildman–Crippen MR) is 71.7 cm³/mol. The van der Waals surface area contributed by atoms with Gasteiger partial charge in [0.25, 0.3) is 0 Å². The summed E-state index contributed by atoms with van der Waals surface area (Å²) in [6, 6.07) is 1.51. The molecule has 0 bridgehead atoms. The van der Waals surface area contributed by atoms with Crippen LogP contribution in [0.5, 0.6) is 0 Å². The molecule has 0 aliphatic heterocycles. The van der Waals surface area contributed by atoms with Gasteiger partial charge in [-0.1, -0.05) is 0 Å². The molecule has 0 spiro atoms. The second-order valence-corrected chi connectivity index (χ2v) is 7.24. The topological polar surface area (TPSA) is 59.1 Å². The molecule has 0 atom stereocenters. The molecule has 96 valence electrons. The van der Waals surface area contributed by atoms with E-state index >= 15 is 0 Å². The number of sulfonamides is 1. The largest absolute Gasteiger partial charge is 0.262 e. The molecule has 1 rings (SSSR count). The third-order valence-electron chi connectivity index (χ3n) is 2.12. The summed E-state index contributed by atoms with van der Waals surface area (Å²) < 4.78 is 27.3. The molecule has 1 aromatic rings. The smallest absolute Gasteiger partial charge is 0.242 e. The van der Waals surface area contributed by atoms with Gasteiger partial charge in [0.05, 0.1) is 0 Å². The van der Waals surface area contributed by atoms with E-state index in [9.17, 15) is 8.42 Å². The van der Waals surface area contributed by atoms with E-state index in [1.807, 2.05) is 0 Å². The third-order valence-corrected chi connectivity index (χ3v) is 4.41. The molecule has 0 saturated carbocycles. The molecule has 17 heavy (non-hydrogen) atoms. The van der Waals surface area contributed by atoms with Crippen molar-refractivity contribution in [2.24, 2.45) is 0 Å². The highest BCUT2D eigenvalue weighted by molar-refractivity contribution is 9.10. The first-order chi connectivity index (χ1) is 7.77. The zero-order chi connectivity index (χ0) is 13.1. The first kappa shape index (κ1) is 14.9. The van der Waals surface area contributed by atoms with Crippen LogP contribution in [0.2, 0.25) is 0 Å². The van der Waals surface area contributed by atoms with Crippen molar-refractivity contribution in [3.63, 3.8) is 0 Å².